The van der Waals surface area contributed by atoms with Crippen molar-refractivity contribution in [1.82, 2.24) is 24.5 Å². The number of nitrogens with one attached hydrogen (secondary N) is 1. The number of carbonyl (C=O) groups excluding carboxylic acids is 1. The maximum atomic E-state index is 12.8. The molecule has 0 aliphatic rings. The van der Waals surface area contributed by atoms with Crippen LogP contribution in [0.3, 0.4) is 0 Å². The molecule has 3 heterocycles. The second kappa shape index (κ2) is 8.59. The number of hydrogen-bond donors (Lipinski definition) is 1. The van der Waals surface area contributed by atoms with E-state index in [1.165, 1.54) is 11.3 Å². The average molecular weight is 443 g/mol. The highest BCUT2D eigenvalue weighted by Gasteiger charge is 2.17. The molecule has 0 saturated carbocycles. The number of rotatable bonds is 7. The quantitative estimate of drug-likeness (QED) is 0.467. The lowest BCUT2D eigenvalue weighted by Crippen LogP contribution is -2.18. The minimum absolute atomic E-state index is 0.138. The van der Waals surface area contributed by atoms with Gasteiger partial charge in [-0.05, 0) is 44.8 Å². The molecule has 0 fully saturated rings. The Morgan fingerprint density at radius 1 is 1.27 bits per heavy atom. The molecule has 0 aliphatic heterocycles. The molecule has 0 radical (unpaired) electrons. The van der Waals surface area contributed by atoms with Gasteiger partial charge >= 0.3 is 0 Å². The number of fused-ring (bicyclic) bond motifs is 1. The van der Waals surface area contributed by atoms with Gasteiger partial charge in [0.25, 0.3) is 5.91 Å². The molecule has 9 heteroatoms. The molecule has 1 aromatic carbocycles. The van der Waals surface area contributed by atoms with Crippen molar-refractivity contribution in [1.29, 1.82) is 0 Å². The summed E-state index contributed by atoms with van der Waals surface area (Å²) >= 11 is 7.42. The summed E-state index contributed by atoms with van der Waals surface area (Å²) in [6.45, 7) is 4.24. The number of amides is 1. The van der Waals surface area contributed by atoms with Gasteiger partial charge in [0.15, 0.2) is 0 Å². The number of hydrogen-bond acceptors (Lipinski definition) is 5. The maximum absolute atomic E-state index is 12.8. The zero-order valence-corrected chi connectivity index (χ0v) is 18.7. The van der Waals surface area contributed by atoms with E-state index in [2.05, 4.69) is 20.4 Å². The fourth-order valence-corrected chi connectivity index (χ4v) is 4.32. The largest absolute Gasteiger partial charge is 0.319 e. The summed E-state index contributed by atoms with van der Waals surface area (Å²) in [4.78, 5) is 16.5. The van der Waals surface area contributed by atoms with Crippen molar-refractivity contribution in [2.24, 2.45) is 0 Å². The van der Waals surface area contributed by atoms with Gasteiger partial charge in [0, 0.05) is 23.2 Å². The summed E-state index contributed by atoms with van der Waals surface area (Å²) in [7, 11) is 4.04. The molecule has 0 bridgehead atoms. The van der Waals surface area contributed by atoms with E-state index in [-0.39, 0.29) is 5.91 Å². The number of nitrogens with zero attached hydrogens (tertiary/aromatic N) is 5. The van der Waals surface area contributed by atoms with Gasteiger partial charge in [0.2, 0.25) is 0 Å². The molecule has 1 amide bonds. The first-order valence-corrected chi connectivity index (χ1v) is 10.8. The number of halogens is 1. The van der Waals surface area contributed by atoms with Crippen molar-refractivity contribution in [3.63, 3.8) is 0 Å². The number of likely N-dealkylation sites (N-methyl/N-ethyl adjacent to an activating group) is 1. The molecular formula is C21H23ClN6OS. The minimum atomic E-state index is -0.138. The predicted octanol–water partition coefficient (Wildman–Crippen LogP) is 4.12. The number of anilines is 1. The second-order valence-electron chi connectivity index (χ2n) is 7.45. The molecule has 1 N–H and O–H groups in total. The molecule has 3 aromatic heterocycles. The van der Waals surface area contributed by atoms with Crippen molar-refractivity contribution < 1.29 is 4.79 Å². The minimum Gasteiger partial charge on any atom is -0.319 e. The first-order valence-electron chi connectivity index (χ1n) is 9.59. The summed E-state index contributed by atoms with van der Waals surface area (Å²) in [6.07, 6.45) is 3.52. The smallest absolute Gasteiger partial charge is 0.265 e. The first kappa shape index (κ1) is 20.6. The number of aromatic nitrogens is 4. The van der Waals surface area contributed by atoms with Crippen LogP contribution in [0.5, 0.6) is 0 Å². The summed E-state index contributed by atoms with van der Waals surface area (Å²) in [5.74, 6) is -0.138. The monoisotopic (exact) mass is 442 g/mol. The maximum Gasteiger partial charge on any atom is 0.265 e. The van der Waals surface area contributed by atoms with Gasteiger partial charge in [0.05, 0.1) is 35.5 Å². The van der Waals surface area contributed by atoms with E-state index in [0.29, 0.717) is 22.1 Å². The van der Waals surface area contributed by atoms with E-state index in [4.69, 9.17) is 11.6 Å². The summed E-state index contributed by atoms with van der Waals surface area (Å²) < 4.78 is 3.77. The first-order chi connectivity index (χ1) is 14.4. The fraction of sp³-hybridized carbons (Fsp3) is 0.286. The van der Waals surface area contributed by atoms with E-state index in [0.717, 1.165) is 34.6 Å². The summed E-state index contributed by atoms with van der Waals surface area (Å²) in [6, 6.07) is 9.63. The summed E-state index contributed by atoms with van der Waals surface area (Å²) in [5, 5.41) is 13.6. The third-order valence-electron chi connectivity index (χ3n) is 4.74. The van der Waals surface area contributed by atoms with Crippen LogP contribution in [-0.2, 0) is 13.1 Å². The van der Waals surface area contributed by atoms with E-state index in [1.54, 1.807) is 6.20 Å². The van der Waals surface area contributed by atoms with Crippen LogP contribution in [0.15, 0.2) is 42.7 Å². The Morgan fingerprint density at radius 2 is 2.03 bits per heavy atom. The van der Waals surface area contributed by atoms with Gasteiger partial charge in [-0.25, -0.2) is 0 Å². The Hall–Kier alpha value is -2.68. The Bertz CT molecular complexity index is 1170. The molecule has 30 heavy (non-hydrogen) atoms. The van der Waals surface area contributed by atoms with Crippen LogP contribution in [-0.4, -0.2) is 51.0 Å². The number of aryl methyl sites for hydroxylation is 1. The molecule has 7 nitrogen and oxygen atoms in total. The van der Waals surface area contributed by atoms with Crippen LogP contribution in [0.25, 0.3) is 10.2 Å². The molecule has 0 spiro atoms. The molecule has 4 rings (SSSR count). The Morgan fingerprint density at radius 3 is 2.77 bits per heavy atom. The predicted molar refractivity (Wildman–Crippen MR) is 122 cm³/mol. The molecule has 156 valence electrons. The van der Waals surface area contributed by atoms with Crippen LogP contribution in [0.2, 0.25) is 5.02 Å². The van der Waals surface area contributed by atoms with Crippen LogP contribution in [0.1, 0.15) is 20.9 Å². The van der Waals surface area contributed by atoms with Gasteiger partial charge in [-0.2, -0.15) is 10.2 Å². The van der Waals surface area contributed by atoms with Gasteiger partial charge in [-0.3, -0.25) is 14.2 Å². The standard InChI is InChI=1S/C21H23ClN6OS/c1-14-18-10-19(20(29)24-17-11-23-27(13-17)9-8-26(2)3)30-21(18)28(25-14)12-15-4-6-16(22)7-5-15/h4-7,10-11,13H,8-9,12H2,1-3H3,(H,24,29). The third kappa shape index (κ3) is 4.56. The zero-order chi connectivity index (χ0) is 21.3. The van der Waals surface area contributed by atoms with E-state index in [1.807, 2.05) is 66.9 Å². The fourth-order valence-electron chi connectivity index (χ4n) is 3.14. The Labute approximate surface area is 183 Å². The van der Waals surface area contributed by atoms with Crippen molar-refractivity contribution in [3.8, 4) is 0 Å². The van der Waals surface area contributed by atoms with Crippen LogP contribution >= 0.6 is 22.9 Å². The Balaban J connectivity index is 1.50. The molecule has 0 saturated heterocycles. The van der Waals surface area contributed by atoms with Crippen molar-refractivity contribution in [2.75, 3.05) is 26.0 Å². The number of carbonyl (C=O) groups is 1. The van der Waals surface area contributed by atoms with E-state index >= 15 is 0 Å². The summed E-state index contributed by atoms with van der Waals surface area (Å²) in [5.41, 5.74) is 2.70. The van der Waals surface area contributed by atoms with Gasteiger partial charge in [0.1, 0.15) is 4.83 Å². The van der Waals surface area contributed by atoms with Crippen LogP contribution < -0.4 is 5.32 Å². The SMILES string of the molecule is Cc1nn(Cc2ccc(Cl)cc2)c2sc(C(=O)Nc3cnn(CCN(C)C)c3)cc12. The van der Waals surface area contributed by atoms with Gasteiger partial charge in [-0.1, -0.05) is 23.7 Å². The Kier molecular flexibility index (Phi) is 5.90. The van der Waals surface area contributed by atoms with Gasteiger partial charge < -0.3 is 10.2 Å². The molecule has 4 aromatic rings. The second-order valence-corrected chi connectivity index (χ2v) is 8.92. The topological polar surface area (TPSA) is 68.0 Å². The van der Waals surface area contributed by atoms with Crippen LogP contribution in [0, 0.1) is 6.92 Å². The van der Waals surface area contributed by atoms with Crippen LogP contribution in [0.4, 0.5) is 5.69 Å². The lowest BCUT2D eigenvalue weighted by atomic mass is 10.2. The molecule has 0 atom stereocenters. The molecular weight excluding hydrogens is 420 g/mol. The van der Waals surface area contributed by atoms with Crippen molar-refractivity contribution in [2.45, 2.75) is 20.0 Å². The zero-order valence-electron chi connectivity index (χ0n) is 17.1. The van der Waals surface area contributed by atoms with E-state index < -0.39 is 0 Å². The van der Waals surface area contributed by atoms with Gasteiger partial charge in [-0.15, -0.1) is 11.3 Å². The lowest BCUT2D eigenvalue weighted by molar-refractivity contribution is 0.103. The lowest BCUT2D eigenvalue weighted by Gasteiger charge is -2.08. The average Bonchev–Trinajstić information content (AvgIpc) is 3.40. The highest BCUT2D eigenvalue weighted by Crippen LogP contribution is 2.29. The molecule has 0 aliphatic carbocycles. The number of thiophene rings is 1. The highest BCUT2D eigenvalue weighted by molar-refractivity contribution is 7.20. The van der Waals surface area contributed by atoms with Crippen molar-refractivity contribution in [3.05, 3.63) is 63.9 Å². The normalized spacial score (nSPS) is 11.5. The van der Waals surface area contributed by atoms with E-state index in [9.17, 15) is 4.79 Å². The molecule has 0 unspecified atom stereocenters. The highest BCUT2D eigenvalue weighted by atomic mass is 35.5. The number of benzene rings is 1. The third-order valence-corrected chi connectivity index (χ3v) is 6.14. The van der Waals surface area contributed by atoms with Crippen molar-refractivity contribution >= 4 is 44.7 Å².